The van der Waals surface area contributed by atoms with Crippen molar-refractivity contribution < 1.29 is 27.8 Å². The summed E-state index contributed by atoms with van der Waals surface area (Å²) in [5, 5.41) is 12.0. The number of hydrogen-bond acceptors (Lipinski definition) is 3. The number of methoxy groups -OCH3 is 1. The lowest BCUT2D eigenvalue weighted by atomic mass is 9.98. The van der Waals surface area contributed by atoms with Crippen LogP contribution in [0.5, 0.6) is 0 Å². The molecule has 0 saturated heterocycles. The molecule has 134 valence electrons. The third-order valence-corrected chi connectivity index (χ3v) is 4.34. The third kappa shape index (κ3) is 4.48. The van der Waals surface area contributed by atoms with E-state index in [0.717, 1.165) is 17.7 Å². The van der Waals surface area contributed by atoms with Gasteiger partial charge in [-0.15, -0.1) is 0 Å². The molecule has 24 heavy (non-hydrogen) atoms. The van der Waals surface area contributed by atoms with Crippen LogP contribution < -0.4 is 5.32 Å². The summed E-state index contributed by atoms with van der Waals surface area (Å²) in [5.74, 6) is -0.474. The fourth-order valence-electron chi connectivity index (χ4n) is 2.90. The van der Waals surface area contributed by atoms with E-state index in [1.807, 2.05) is 0 Å². The molecule has 1 fully saturated rings. The second kappa shape index (κ2) is 7.11. The van der Waals surface area contributed by atoms with Crippen molar-refractivity contribution in [3.05, 3.63) is 35.4 Å². The molecule has 4 nitrogen and oxygen atoms in total. The van der Waals surface area contributed by atoms with Crippen LogP contribution in [0.25, 0.3) is 0 Å². The maximum absolute atomic E-state index is 12.6. The van der Waals surface area contributed by atoms with Crippen LogP contribution in [0.1, 0.15) is 36.8 Å². The Labute approximate surface area is 139 Å². The topological polar surface area (TPSA) is 58.6 Å². The molecule has 1 aliphatic carbocycles. The van der Waals surface area contributed by atoms with Gasteiger partial charge < -0.3 is 15.2 Å². The first-order chi connectivity index (χ1) is 11.2. The molecule has 1 amide bonds. The molecule has 2 N–H and O–H groups in total. The van der Waals surface area contributed by atoms with Crippen molar-refractivity contribution in [1.82, 2.24) is 5.32 Å². The number of amides is 1. The highest BCUT2D eigenvalue weighted by Crippen LogP contribution is 2.48. The number of benzene rings is 1. The van der Waals surface area contributed by atoms with E-state index in [2.05, 4.69) is 5.32 Å². The lowest BCUT2D eigenvalue weighted by molar-refractivity contribution is -0.137. The van der Waals surface area contributed by atoms with Gasteiger partial charge in [0.15, 0.2) is 0 Å². The fourth-order valence-corrected chi connectivity index (χ4v) is 2.90. The van der Waals surface area contributed by atoms with Gasteiger partial charge in [0.25, 0.3) is 0 Å². The van der Waals surface area contributed by atoms with Gasteiger partial charge in [0.1, 0.15) is 0 Å². The van der Waals surface area contributed by atoms with E-state index in [1.54, 1.807) is 6.92 Å². The highest BCUT2D eigenvalue weighted by atomic mass is 19.4. The Hall–Kier alpha value is -1.60. The van der Waals surface area contributed by atoms with Crippen LogP contribution in [-0.4, -0.2) is 36.9 Å². The van der Waals surface area contributed by atoms with Gasteiger partial charge in [0, 0.05) is 19.6 Å². The Morgan fingerprint density at radius 3 is 2.46 bits per heavy atom. The number of carbonyl (C=O) groups excluding carboxylic acids is 1. The molecule has 0 bridgehead atoms. The van der Waals surface area contributed by atoms with E-state index in [-0.39, 0.29) is 31.0 Å². The quantitative estimate of drug-likeness (QED) is 0.799. The molecule has 7 heteroatoms. The zero-order valence-electron chi connectivity index (χ0n) is 13.7. The van der Waals surface area contributed by atoms with E-state index >= 15 is 0 Å². The highest BCUT2D eigenvalue weighted by molar-refractivity contribution is 5.83. The number of ether oxygens (including phenoxy) is 1. The predicted octanol–water partition coefficient (Wildman–Crippen LogP) is 2.71. The Morgan fingerprint density at radius 2 is 1.96 bits per heavy atom. The Kier molecular flexibility index (Phi) is 5.55. The number of nitrogens with one attached hydrogen (secondary N) is 1. The summed E-state index contributed by atoms with van der Waals surface area (Å²) in [6, 6.07) is 4.96. The van der Waals surface area contributed by atoms with Crippen LogP contribution in [0.15, 0.2) is 24.3 Å². The number of alkyl halides is 3. The monoisotopic (exact) mass is 345 g/mol. The molecular formula is C17H22F3NO3. The van der Waals surface area contributed by atoms with Gasteiger partial charge in [-0.3, -0.25) is 4.79 Å². The van der Waals surface area contributed by atoms with Crippen molar-refractivity contribution in [3.8, 4) is 0 Å². The number of aliphatic hydroxyl groups excluding tert-OH is 1. The van der Waals surface area contributed by atoms with E-state index in [1.165, 1.54) is 19.2 Å². The molecule has 0 aromatic heterocycles. The summed E-state index contributed by atoms with van der Waals surface area (Å²) in [6.45, 7) is 1.99. The van der Waals surface area contributed by atoms with E-state index < -0.39 is 17.3 Å². The minimum atomic E-state index is -4.36. The Balaban J connectivity index is 1.97. The van der Waals surface area contributed by atoms with Crippen LogP contribution in [0, 0.1) is 5.92 Å². The number of halogens is 3. The number of hydrogen-bond donors (Lipinski definition) is 2. The number of carbonyl (C=O) groups is 1. The average Bonchev–Trinajstić information content (AvgIpc) is 3.27. The van der Waals surface area contributed by atoms with Gasteiger partial charge in [0.2, 0.25) is 5.91 Å². The number of aliphatic hydroxyl groups is 1. The van der Waals surface area contributed by atoms with Gasteiger partial charge in [-0.25, -0.2) is 0 Å². The summed E-state index contributed by atoms with van der Waals surface area (Å²) in [5.41, 5.74) is -0.615. The van der Waals surface area contributed by atoms with Crippen LogP contribution in [-0.2, 0) is 15.7 Å². The van der Waals surface area contributed by atoms with Crippen molar-refractivity contribution >= 4 is 5.91 Å². The van der Waals surface area contributed by atoms with Gasteiger partial charge in [-0.1, -0.05) is 12.1 Å². The first kappa shape index (κ1) is 18.7. The van der Waals surface area contributed by atoms with Crippen LogP contribution in [0.2, 0.25) is 0 Å². The van der Waals surface area contributed by atoms with E-state index in [9.17, 15) is 18.0 Å². The van der Waals surface area contributed by atoms with Gasteiger partial charge >= 0.3 is 6.18 Å². The zero-order chi connectivity index (χ0) is 18.0. The molecule has 1 aromatic carbocycles. The SMILES string of the molecule is COCC(C)(CCO)NC(=O)C1CC1c1ccc(C(F)(F)F)cc1. The second-order valence-electron chi connectivity index (χ2n) is 6.52. The van der Waals surface area contributed by atoms with Crippen LogP contribution in [0.3, 0.4) is 0 Å². The Morgan fingerprint density at radius 1 is 1.33 bits per heavy atom. The lowest BCUT2D eigenvalue weighted by Gasteiger charge is -2.29. The number of rotatable bonds is 7. The van der Waals surface area contributed by atoms with Crippen LogP contribution in [0.4, 0.5) is 13.2 Å². The van der Waals surface area contributed by atoms with Crippen LogP contribution >= 0.6 is 0 Å². The molecule has 0 spiro atoms. The third-order valence-electron chi connectivity index (χ3n) is 4.34. The molecule has 3 unspecified atom stereocenters. The van der Waals surface area contributed by atoms with E-state index in [4.69, 9.17) is 9.84 Å². The predicted molar refractivity (Wildman–Crippen MR) is 82.4 cm³/mol. The minimum absolute atomic E-state index is 0.0618. The van der Waals surface area contributed by atoms with Gasteiger partial charge in [-0.05, 0) is 43.4 Å². The molecule has 0 aliphatic heterocycles. The minimum Gasteiger partial charge on any atom is -0.396 e. The van der Waals surface area contributed by atoms with Gasteiger partial charge in [0.05, 0.1) is 17.7 Å². The van der Waals surface area contributed by atoms with Crippen molar-refractivity contribution in [3.63, 3.8) is 0 Å². The molecular weight excluding hydrogens is 323 g/mol. The molecule has 0 radical (unpaired) electrons. The Bertz CT molecular complexity index is 565. The summed E-state index contributed by atoms with van der Waals surface area (Å²) >= 11 is 0. The maximum Gasteiger partial charge on any atom is 0.416 e. The van der Waals surface area contributed by atoms with Crippen molar-refractivity contribution in [2.45, 2.75) is 37.4 Å². The average molecular weight is 345 g/mol. The molecule has 2 rings (SSSR count). The molecule has 1 aromatic rings. The smallest absolute Gasteiger partial charge is 0.396 e. The highest BCUT2D eigenvalue weighted by Gasteiger charge is 2.45. The fraction of sp³-hybridized carbons (Fsp3) is 0.588. The summed E-state index contributed by atoms with van der Waals surface area (Å²) < 4.78 is 42.8. The molecule has 1 aliphatic rings. The van der Waals surface area contributed by atoms with Crippen molar-refractivity contribution in [2.75, 3.05) is 20.3 Å². The molecule has 3 atom stereocenters. The summed E-state index contributed by atoms with van der Waals surface area (Å²) in [4.78, 5) is 12.4. The van der Waals surface area contributed by atoms with Crippen molar-refractivity contribution in [1.29, 1.82) is 0 Å². The second-order valence-corrected chi connectivity index (χ2v) is 6.52. The first-order valence-corrected chi connectivity index (χ1v) is 7.79. The van der Waals surface area contributed by atoms with Crippen molar-refractivity contribution in [2.24, 2.45) is 5.92 Å². The zero-order valence-corrected chi connectivity index (χ0v) is 13.7. The standard InChI is InChI=1S/C17H22F3NO3/c1-16(7-8-22,10-24-2)21-15(23)14-9-13(14)11-3-5-12(6-4-11)17(18,19)20/h3-6,13-14,22H,7-10H2,1-2H3,(H,21,23). The normalized spacial score (nSPS) is 22.8. The summed E-state index contributed by atoms with van der Waals surface area (Å²) in [6.07, 6.45) is -3.38. The largest absolute Gasteiger partial charge is 0.416 e. The van der Waals surface area contributed by atoms with Gasteiger partial charge in [-0.2, -0.15) is 13.2 Å². The summed E-state index contributed by atoms with van der Waals surface area (Å²) in [7, 11) is 1.52. The van der Waals surface area contributed by atoms with E-state index in [0.29, 0.717) is 12.8 Å². The lowest BCUT2D eigenvalue weighted by Crippen LogP contribution is -2.50. The molecule has 0 heterocycles. The first-order valence-electron chi connectivity index (χ1n) is 7.79. The molecule has 1 saturated carbocycles. The maximum atomic E-state index is 12.6.